The van der Waals surface area contributed by atoms with E-state index in [0.29, 0.717) is 0 Å². The minimum atomic E-state index is -0.645. The van der Waals surface area contributed by atoms with Gasteiger partial charge >= 0.3 is 0 Å². The molecule has 0 unspecified atom stereocenters. The molecular formula is C7H6ClF2N. The first-order valence-electron chi connectivity index (χ1n) is 2.98. The second kappa shape index (κ2) is 3.15. The molecule has 1 nitrogen and oxygen atoms in total. The predicted molar refractivity (Wildman–Crippen MR) is 39.3 cm³/mol. The second-order valence-electron chi connectivity index (χ2n) is 2.06. The van der Waals surface area contributed by atoms with Crippen LogP contribution in [-0.2, 0) is 6.54 Å². The molecule has 4 heteroatoms. The molecule has 11 heavy (non-hydrogen) atoms. The maximum atomic E-state index is 12.7. The van der Waals surface area contributed by atoms with Crippen molar-refractivity contribution in [1.29, 1.82) is 0 Å². The van der Waals surface area contributed by atoms with Crippen molar-refractivity contribution in [2.75, 3.05) is 0 Å². The highest BCUT2D eigenvalue weighted by molar-refractivity contribution is 6.30. The summed E-state index contributed by atoms with van der Waals surface area (Å²) in [6.45, 7) is -0.0279. The molecule has 1 aromatic carbocycles. The van der Waals surface area contributed by atoms with Gasteiger partial charge in [0.2, 0.25) is 0 Å². The average Bonchev–Trinajstić information content (AvgIpc) is 1.97. The Morgan fingerprint density at radius 1 is 1.27 bits per heavy atom. The summed E-state index contributed by atoms with van der Waals surface area (Å²) in [5, 5.41) is -0.222. The van der Waals surface area contributed by atoms with Gasteiger partial charge in [0.25, 0.3) is 0 Å². The Morgan fingerprint density at radius 2 is 1.91 bits per heavy atom. The van der Waals surface area contributed by atoms with E-state index in [9.17, 15) is 8.78 Å². The van der Waals surface area contributed by atoms with Gasteiger partial charge in [0.05, 0.1) is 5.02 Å². The van der Waals surface area contributed by atoms with Crippen LogP contribution in [0.25, 0.3) is 0 Å². The molecule has 0 saturated carbocycles. The number of nitrogens with two attached hydrogens (primary N) is 1. The Labute approximate surface area is 67.8 Å². The number of benzene rings is 1. The summed E-state index contributed by atoms with van der Waals surface area (Å²) < 4.78 is 25.3. The summed E-state index contributed by atoms with van der Waals surface area (Å²) in [4.78, 5) is 0. The molecule has 0 aliphatic heterocycles. The zero-order valence-electron chi connectivity index (χ0n) is 5.57. The molecule has 0 atom stereocenters. The molecule has 0 heterocycles. The molecule has 0 aliphatic rings. The van der Waals surface area contributed by atoms with Gasteiger partial charge in [-0.3, -0.25) is 0 Å². The maximum Gasteiger partial charge on any atom is 0.142 e. The maximum absolute atomic E-state index is 12.7. The van der Waals surface area contributed by atoms with Crippen LogP contribution >= 0.6 is 11.6 Å². The molecule has 0 aliphatic carbocycles. The standard InChI is InChI=1S/C7H6ClF2N/c8-5-2-6(9)4(3-11)1-7(5)10/h1-2H,3,11H2. The van der Waals surface area contributed by atoms with Crippen LogP contribution in [0.5, 0.6) is 0 Å². The van der Waals surface area contributed by atoms with E-state index in [-0.39, 0.29) is 17.1 Å². The van der Waals surface area contributed by atoms with Gasteiger partial charge < -0.3 is 5.73 Å². The summed E-state index contributed by atoms with van der Waals surface area (Å²) in [5.41, 5.74) is 5.25. The van der Waals surface area contributed by atoms with E-state index in [1.165, 1.54) is 0 Å². The fraction of sp³-hybridized carbons (Fsp3) is 0.143. The van der Waals surface area contributed by atoms with Crippen molar-refractivity contribution in [2.24, 2.45) is 5.73 Å². The molecular weight excluding hydrogens is 172 g/mol. The van der Waals surface area contributed by atoms with Crippen LogP contribution in [0.15, 0.2) is 12.1 Å². The summed E-state index contributed by atoms with van der Waals surface area (Å²) >= 11 is 5.29. The van der Waals surface area contributed by atoms with Gasteiger partial charge in [-0.05, 0) is 12.1 Å². The van der Waals surface area contributed by atoms with Crippen LogP contribution in [-0.4, -0.2) is 0 Å². The van der Waals surface area contributed by atoms with Crippen molar-refractivity contribution in [3.05, 3.63) is 34.4 Å². The Balaban J connectivity index is 3.21. The quantitative estimate of drug-likeness (QED) is 0.653. The molecule has 1 aromatic rings. The number of halogens is 3. The lowest BCUT2D eigenvalue weighted by Crippen LogP contribution is -2.00. The third-order valence-electron chi connectivity index (χ3n) is 1.31. The molecule has 0 aromatic heterocycles. The summed E-state index contributed by atoms with van der Waals surface area (Å²) in [5.74, 6) is -1.22. The Bertz CT molecular complexity index is 275. The summed E-state index contributed by atoms with van der Waals surface area (Å²) in [6.07, 6.45) is 0. The molecule has 0 amide bonds. The van der Waals surface area contributed by atoms with Gasteiger partial charge in [0.1, 0.15) is 11.6 Å². The Kier molecular flexibility index (Phi) is 2.42. The molecule has 60 valence electrons. The van der Waals surface area contributed by atoms with E-state index >= 15 is 0 Å². The van der Waals surface area contributed by atoms with Crippen LogP contribution in [0.4, 0.5) is 8.78 Å². The monoisotopic (exact) mass is 177 g/mol. The van der Waals surface area contributed by atoms with E-state index in [1.54, 1.807) is 0 Å². The number of hydrogen-bond acceptors (Lipinski definition) is 1. The zero-order valence-corrected chi connectivity index (χ0v) is 6.33. The van der Waals surface area contributed by atoms with Crippen molar-refractivity contribution in [3.63, 3.8) is 0 Å². The van der Waals surface area contributed by atoms with Crippen LogP contribution in [0.3, 0.4) is 0 Å². The van der Waals surface area contributed by atoms with Crippen molar-refractivity contribution in [1.82, 2.24) is 0 Å². The van der Waals surface area contributed by atoms with Gasteiger partial charge in [-0.25, -0.2) is 8.78 Å². The molecule has 0 spiro atoms. The smallest absolute Gasteiger partial charge is 0.142 e. The molecule has 2 N–H and O–H groups in total. The van der Waals surface area contributed by atoms with Crippen molar-refractivity contribution < 1.29 is 8.78 Å². The number of hydrogen-bond donors (Lipinski definition) is 1. The normalized spacial score (nSPS) is 10.2. The third kappa shape index (κ3) is 1.67. The predicted octanol–water partition coefficient (Wildman–Crippen LogP) is 2.08. The van der Waals surface area contributed by atoms with Crippen LogP contribution in [0, 0.1) is 11.6 Å². The Hall–Kier alpha value is -0.670. The molecule has 0 radical (unpaired) electrons. The Morgan fingerprint density at radius 3 is 2.45 bits per heavy atom. The molecule has 0 fully saturated rings. The van der Waals surface area contributed by atoms with E-state index in [2.05, 4.69) is 0 Å². The van der Waals surface area contributed by atoms with Crippen molar-refractivity contribution >= 4 is 11.6 Å². The number of rotatable bonds is 1. The van der Waals surface area contributed by atoms with E-state index < -0.39 is 11.6 Å². The van der Waals surface area contributed by atoms with Crippen LogP contribution in [0.2, 0.25) is 5.02 Å². The van der Waals surface area contributed by atoms with Gasteiger partial charge in [0.15, 0.2) is 0 Å². The van der Waals surface area contributed by atoms with E-state index in [1.807, 2.05) is 0 Å². The first kappa shape index (κ1) is 8.43. The molecule has 0 bridgehead atoms. The minimum absolute atomic E-state index is 0.0279. The van der Waals surface area contributed by atoms with E-state index in [4.69, 9.17) is 17.3 Å². The molecule has 0 saturated heterocycles. The van der Waals surface area contributed by atoms with Gasteiger partial charge in [0, 0.05) is 12.1 Å². The van der Waals surface area contributed by atoms with Gasteiger partial charge in [-0.1, -0.05) is 11.6 Å². The highest BCUT2D eigenvalue weighted by Gasteiger charge is 2.05. The fourth-order valence-electron chi connectivity index (χ4n) is 0.720. The lowest BCUT2D eigenvalue weighted by atomic mass is 10.2. The van der Waals surface area contributed by atoms with Crippen LogP contribution in [0.1, 0.15) is 5.56 Å². The SMILES string of the molecule is NCc1cc(F)c(Cl)cc1F. The lowest BCUT2D eigenvalue weighted by Gasteiger charge is -2.00. The average molecular weight is 178 g/mol. The second-order valence-corrected chi connectivity index (χ2v) is 2.47. The first-order chi connectivity index (χ1) is 5.15. The summed E-state index contributed by atoms with van der Waals surface area (Å²) in [6, 6.07) is 1.91. The largest absolute Gasteiger partial charge is 0.326 e. The molecule has 1 rings (SSSR count). The van der Waals surface area contributed by atoms with Crippen molar-refractivity contribution in [3.8, 4) is 0 Å². The zero-order chi connectivity index (χ0) is 8.43. The highest BCUT2D eigenvalue weighted by atomic mass is 35.5. The van der Waals surface area contributed by atoms with E-state index in [0.717, 1.165) is 12.1 Å². The van der Waals surface area contributed by atoms with Crippen LogP contribution < -0.4 is 5.73 Å². The first-order valence-corrected chi connectivity index (χ1v) is 3.36. The fourth-order valence-corrected chi connectivity index (χ4v) is 0.871. The highest BCUT2D eigenvalue weighted by Crippen LogP contribution is 2.18. The third-order valence-corrected chi connectivity index (χ3v) is 1.60. The summed E-state index contributed by atoms with van der Waals surface area (Å²) in [7, 11) is 0. The minimum Gasteiger partial charge on any atom is -0.326 e. The van der Waals surface area contributed by atoms with Gasteiger partial charge in [-0.2, -0.15) is 0 Å². The van der Waals surface area contributed by atoms with Gasteiger partial charge in [-0.15, -0.1) is 0 Å². The van der Waals surface area contributed by atoms with Crippen molar-refractivity contribution in [2.45, 2.75) is 6.54 Å². The lowest BCUT2D eigenvalue weighted by molar-refractivity contribution is 0.586. The topological polar surface area (TPSA) is 26.0 Å².